The minimum atomic E-state index is -0.181. The number of nitrogens with zero attached hydrogens (tertiary/aromatic N) is 2. The molecule has 0 saturated carbocycles. The zero-order chi connectivity index (χ0) is 16.1. The van der Waals surface area contributed by atoms with Crippen LogP contribution in [0.15, 0.2) is 42.6 Å². The first kappa shape index (κ1) is 15.6. The van der Waals surface area contributed by atoms with Crippen molar-refractivity contribution in [2.24, 2.45) is 0 Å². The topological polar surface area (TPSA) is 57.6 Å². The predicted octanol–water partition coefficient (Wildman–Crippen LogP) is 2.66. The number of para-hydroxylation sites is 1. The zero-order valence-electron chi connectivity index (χ0n) is 13.4. The number of anilines is 2. The molecule has 0 spiro atoms. The third kappa shape index (κ3) is 3.74. The Labute approximate surface area is 136 Å². The molecule has 0 aliphatic carbocycles. The molecule has 122 valence electrons. The van der Waals surface area contributed by atoms with E-state index in [1.54, 1.807) is 7.11 Å². The van der Waals surface area contributed by atoms with E-state index in [1.807, 2.05) is 36.5 Å². The molecule has 1 aliphatic rings. The Kier molecular flexibility index (Phi) is 4.98. The van der Waals surface area contributed by atoms with E-state index in [1.165, 1.54) is 0 Å². The monoisotopic (exact) mass is 313 g/mol. The fraction of sp³-hybridized carbons (Fsp3) is 0.389. The number of nitrogens with one attached hydrogen (secondary N) is 1. The number of methoxy groups -OCH3 is 1. The van der Waals surface area contributed by atoms with Crippen LogP contribution in [0.2, 0.25) is 0 Å². The van der Waals surface area contributed by atoms with Gasteiger partial charge in [0.1, 0.15) is 5.75 Å². The maximum absolute atomic E-state index is 9.68. The third-order valence-electron chi connectivity index (χ3n) is 4.21. The number of aliphatic hydroxyl groups excluding tert-OH is 1. The van der Waals surface area contributed by atoms with Gasteiger partial charge in [0.25, 0.3) is 0 Å². The van der Waals surface area contributed by atoms with Gasteiger partial charge in [0, 0.05) is 31.4 Å². The predicted molar refractivity (Wildman–Crippen MR) is 92.0 cm³/mol. The highest BCUT2D eigenvalue weighted by molar-refractivity contribution is 5.65. The normalized spacial score (nSPS) is 15.5. The van der Waals surface area contributed by atoms with Crippen LogP contribution < -0.4 is 15.0 Å². The van der Waals surface area contributed by atoms with Gasteiger partial charge in [-0.1, -0.05) is 18.2 Å². The number of benzene rings is 1. The molecule has 0 unspecified atom stereocenters. The van der Waals surface area contributed by atoms with Gasteiger partial charge in [-0.15, -0.1) is 0 Å². The maximum atomic E-state index is 9.68. The van der Waals surface area contributed by atoms with Gasteiger partial charge in [-0.2, -0.15) is 0 Å². The summed E-state index contributed by atoms with van der Waals surface area (Å²) in [4.78, 5) is 6.77. The fourth-order valence-corrected chi connectivity index (χ4v) is 2.90. The first-order valence-corrected chi connectivity index (χ1v) is 8.01. The fourth-order valence-electron chi connectivity index (χ4n) is 2.90. The second kappa shape index (κ2) is 7.33. The molecule has 3 rings (SSSR count). The molecule has 23 heavy (non-hydrogen) atoms. The van der Waals surface area contributed by atoms with Gasteiger partial charge >= 0.3 is 0 Å². The van der Waals surface area contributed by atoms with E-state index in [2.05, 4.69) is 21.3 Å². The number of ether oxygens (including phenoxy) is 1. The molecule has 0 radical (unpaired) electrons. The van der Waals surface area contributed by atoms with Crippen LogP contribution >= 0.6 is 0 Å². The van der Waals surface area contributed by atoms with Crippen LogP contribution in [0.4, 0.5) is 11.5 Å². The van der Waals surface area contributed by atoms with Crippen LogP contribution in [0, 0.1) is 0 Å². The van der Waals surface area contributed by atoms with Gasteiger partial charge in [-0.25, -0.2) is 4.98 Å². The summed E-state index contributed by atoms with van der Waals surface area (Å²) in [7, 11) is 1.69. The lowest BCUT2D eigenvalue weighted by molar-refractivity contribution is 0.145. The van der Waals surface area contributed by atoms with E-state index in [4.69, 9.17) is 4.74 Å². The smallest absolute Gasteiger partial charge is 0.151 e. The Morgan fingerprint density at radius 1 is 1.22 bits per heavy atom. The Hall–Kier alpha value is -2.27. The maximum Gasteiger partial charge on any atom is 0.151 e. The molecule has 2 heterocycles. The minimum absolute atomic E-state index is 0.181. The van der Waals surface area contributed by atoms with Gasteiger partial charge in [0.2, 0.25) is 0 Å². The summed E-state index contributed by atoms with van der Waals surface area (Å²) < 4.78 is 5.40. The molecule has 0 bridgehead atoms. The summed E-state index contributed by atoms with van der Waals surface area (Å²) in [5, 5.41) is 13.1. The summed E-state index contributed by atoms with van der Waals surface area (Å²) in [6.45, 7) is 2.35. The molecule has 5 heteroatoms. The van der Waals surface area contributed by atoms with Gasteiger partial charge in [0.05, 0.1) is 18.9 Å². The lowest BCUT2D eigenvalue weighted by Crippen LogP contribution is -2.36. The van der Waals surface area contributed by atoms with Gasteiger partial charge in [-0.3, -0.25) is 0 Å². The first-order chi connectivity index (χ1) is 11.3. The van der Waals surface area contributed by atoms with E-state index in [0.717, 1.165) is 48.7 Å². The van der Waals surface area contributed by atoms with E-state index in [0.29, 0.717) is 6.54 Å². The van der Waals surface area contributed by atoms with Crippen molar-refractivity contribution in [3.63, 3.8) is 0 Å². The highest BCUT2D eigenvalue weighted by atomic mass is 16.5. The Bertz CT molecular complexity index is 640. The molecule has 0 amide bonds. The molecule has 2 aromatic rings. The Balaban J connectivity index is 1.73. The van der Waals surface area contributed by atoms with Crippen molar-refractivity contribution in [2.75, 3.05) is 30.4 Å². The van der Waals surface area contributed by atoms with Gasteiger partial charge in [-0.05, 0) is 31.0 Å². The third-order valence-corrected chi connectivity index (χ3v) is 4.21. The number of aliphatic hydroxyl groups is 1. The molecular weight excluding hydrogens is 290 g/mol. The number of piperidine rings is 1. The Morgan fingerprint density at radius 2 is 2.00 bits per heavy atom. The largest absolute Gasteiger partial charge is 0.496 e. The van der Waals surface area contributed by atoms with Crippen LogP contribution in [0.1, 0.15) is 18.4 Å². The highest BCUT2D eigenvalue weighted by Crippen LogP contribution is 2.27. The molecular formula is C18H23N3O2. The van der Waals surface area contributed by atoms with Crippen LogP contribution in [-0.4, -0.2) is 36.4 Å². The van der Waals surface area contributed by atoms with Crippen LogP contribution in [-0.2, 0) is 6.54 Å². The van der Waals surface area contributed by atoms with Crippen molar-refractivity contribution in [2.45, 2.75) is 25.5 Å². The number of hydrogen-bond donors (Lipinski definition) is 2. The number of aromatic nitrogens is 1. The summed E-state index contributed by atoms with van der Waals surface area (Å²) in [6.07, 6.45) is 3.22. The number of rotatable bonds is 5. The van der Waals surface area contributed by atoms with Crippen molar-refractivity contribution < 1.29 is 9.84 Å². The van der Waals surface area contributed by atoms with Crippen molar-refractivity contribution >= 4 is 11.5 Å². The second-order valence-corrected chi connectivity index (χ2v) is 5.76. The second-order valence-electron chi connectivity index (χ2n) is 5.76. The molecule has 1 fully saturated rings. The lowest BCUT2D eigenvalue weighted by atomic mass is 10.1. The van der Waals surface area contributed by atoms with Crippen LogP contribution in [0.5, 0.6) is 5.75 Å². The van der Waals surface area contributed by atoms with E-state index >= 15 is 0 Å². The molecule has 1 aromatic heterocycles. The lowest BCUT2D eigenvalue weighted by Gasteiger charge is -2.31. The SMILES string of the molecule is COc1ccccc1CNc1cccnc1N1CCC(O)CC1. The molecule has 2 N–H and O–H groups in total. The van der Waals surface area contributed by atoms with Gasteiger partial charge < -0.3 is 20.1 Å². The Morgan fingerprint density at radius 3 is 2.78 bits per heavy atom. The summed E-state index contributed by atoms with van der Waals surface area (Å²) in [5.74, 6) is 1.83. The standard InChI is InChI=1S/C18H23N3O2/c1-23-17-7-3-2-5-14(17)13-20-16-6-4-10-19-18(16)21-11-8-15(22)9-12-21/h2-7,10,15,20,22H,8-9,11-13H2,1H3. The molecule has 1 aliphatic heterocycles. The summed E-state index contributed by atoms with van der Waals surface area (Å²) in [5.41, 5.74) is 2.12. The van der Waals surface area contributed by atoms with Crippen molar-refractivity contribution in [3.8, 4) is 5.75 Å². The molecule has 5 nitrogen and oxygen atoms in total. The minimum Gasteiger partial charge on any atom is -0.496 e. The highest BCUT2D eigenvalue weighted by Gasteiger charge is 2.20. The first-order valence-electron chi connectivity index (χ1n) is 8.01. The zero-order valence-corrected chi connectivity index (χ0v) is 13.4. The van der Waals surface area contributed by atoms with Crippen molar-refractivity contribution in [3.05, 3.63) is 48.2 Å². The molecule has 1 saturated heterocycles. The number of pyridine rings is 1. The average Bonchev–Trinajstić information content (AvgIpc) is 2.61. The van der Waals surface area contributed by atoms with Gasteiger partial charge in [0.15, 0.2) is 5.82 Å². The van der Waals surface area contributed by atoms with Crippen molar-refractivity contribution in [1.29, 1.82) is 0 Å². The molecule has 0 atom stereocenters. The van der Waals surface area contributed by atoms with Crippen LogP contribution in [0.3, 0.4) is 0 Å². The van der Waals surface area contributed by atoms with E-state index < -0.39 is 0 Å². The van der Waals surface area contributed by atoms with Crippen molar-refractivity contribution in [1.82, 2.24) is 4.98 Å². The average molecular weight is 313 g/mol. The van der Waals surface area contributed by atoms with E-state index in [9.17, 15) is 5.11 Å². The van der Waals surface area contributed by atoms with E-state index in [-0.39, 0.29) is 6.10 Å². The molecule has 1 aromatic carbocycles. The number of hydrogen-bond acceptors (Lipinski definition) is 5. The quantitative estimate of drug-likeness (QED) is 0.889. The summed E-state index contributed by atoms with van der Waals surface area (Å²) >= 11 is 0. The summed E-state index contributed by atoms with van der Waals surface area (Å²) in [6, 6.07) is 12.0. The van der Waals surface area contributed by atoms with Crippen LogP contribution in [0.25, 0.3) is 0 Å².